The van der Waals surface area contributed by atoms with Gasteiger partial charge in [0.25, 0.3) is 0 Å². The van der Waals surface area contributed by atoms with E-state index in [1.54, 1.807) is 4.68 Å². The molecule has 2 aliphatic rings. The van der Waals surface area contributed by atoms with Gasteiger partial charge in [-0.3, -0.25) is 20.2 Å². The SMILES string of the molecule is Cn1cc2c(Cl)c(-c3n[nH]c4nc(N5CCC(C)(C(=N)NC6Cc7cccnc7CS6)CC5)c(CO)nc34)ccc2n1. The minimum absolute atomic E-state index is 0.167. The maximum atomic E-state index is 10.3. The fourth-order valence-electron chi connectivity index (χ4n) is 5.89. The van der Waals surface area contributed by atoms with E-state index in [1.165, 1.54) is 5.56 Å². The van der Waals surface area contributed by atoms with Crippen molar-refractivity contribution in [2.75, 3.05) is 18.0 Å². The summed E-state index contributed by atoms with van der Waals surface area (Å²) in [7, 11) is 1.86. The number of H-pyrrole nitrogens is 1. The van der Waals surface area contributed by atoms with Gasteiger partial charge in [0.1, 0.15) is 22.7 Å². The molecule has 1 saturated heterocycles. The molecule has 0 spiro atoms. The first-order chi connectivity index (χ1) is 20.3. The molecule has 0 aliphatic carbocycles. The van der Waals surface area contributed by atoms with Crippen molar-refractivity contribution in [1.29, 1.82) is 5.41 Å². The third-order valence-electron chi connectivity index (χ3n) is 8.47. The molecule has 4 N–H and O–H groups in total. The lowest BCUT2D eigenvalue weighted by atomic mass is 9.79. The number of hydrogen-bond acceptors (Lipinski definition) is 9. The van der Waals surface area contributed by atoms with Crippen molar-refractivity contribution in [2.24, 2.45) is 12.5 Å². The number of aliphatic hydroxyl groups excluding tert-OH is 1. The first-order valence-electron chi connectivity index (χ1n) is 14.0. The molecule has 0 bridgehead atoms. The van der Waals surface area contributed by atoms with Gasteiger partial charge in [0.05, 0.1) is 28.2 Å². The number of hydrogen-bond donors (Lipinski definition) is 4. The van der Waals surface area contributed by atoms with E-state index >= 15 is 0 Å². The highest BCUT2D eigenvalue weighted by atomic mass is 35.5. The first kappa shape index (κ1) is 27.1. The van der Waals surface area contributed by atoms with Gasteiger partial charge in [-0.25, -0.2) is 9.97 Å². The second kappa shape index (κ2) is 10.5. The van der Waals surface area contributed by atoms with Crippen molar-refractivity contribution >= 4 is 57.1 Å². The van der Waals surface area contributed by atoms with Crippen LogP contribution in [0.1, 0.15) is 36.7 Å². The summed E-state index contributed by atoms with van der Waals surface area (Å²) < 4.78 is 1.73. The van der Waals surface area contributed by atoms with Crippen molar-refractivity contribution < 1.29 is 5.11 Å². The van der Waals surface area contributed by atoms with E-state index in [1.807, 2.05) is 49.4 Å². The molecule has 4 aromatic heterocycles. The number of aromatic amines is 1. The zero-order valence-electron chi connectivity index (χ0n) is 23.4. The van der Waals surface area contributed by atoms with E-state index in [0.717, 1.165) is 47.2 Å². The Hall–Kier alpha value is -3.74. The van der Waals surface area contributed by atoms with Gasteiger partial charge in [-0.05, 0) is 36.6 Å². The summed E-state index contributed by atoms with van der Waals surface area (Å²) in [5.41, 5.74) is 5.83. The van der Waals surface area contributed by atoms with Crippen LogP contribution < -0.4 is 10.2 Å². The summed E-state index contributed by atoms with van der Waals surface area (Å²) in [6, 6.07) is 7.91. The molecule has 42 heavy (non-hydrogen) atoms. The Bertz CT molecular complexity index is 1830. The average molecular weight is 603 g/mol. The molecular weight excluding hydrogens is 572 g/mol. The number of amidine groups is 1. The first-order valence-corrected chi connectivity index (χ1v) is 15.4. The van der Waals surface area contributed by atoms with Crippen molar-refractivity contribution in [3.05, 3.63) is 58.6 Å². The number of aryl methyl sites for hydroxylation is 1. The summed E-state index contributed by atoms with van der Waals surface area (Å²) in [4.78, 5) is 16.3. The van der Waals surface area contributed by atoms with Crippen LogP contribution in [0.4, 0.5) is 5.82 Å². The largest absolute Gasteiger partial charge is 0.390 e. The second-order valence-electron chi connectivity index (χ2n) is 11.3. The minimum Gasteiger partial charge on any atom is -0.390 e. The Morgan fingerprint density at radius 1 is 1.26 bits per heavy atom. The zero-order chi connectivity index (χ0) is 29.0. The predicted octanol–water partition coefficient (Wildman–Crippen LogP) is 4.44. The maximum absolute atomic E-state index is 10.3. The third kappa shape index (κ3) is 4.67. The highest BCUT2D eigenvalue weighted by molar-refractivity contribution is 7.99. The number of thioether (sulfide) groups is 1. The lowest BCUT2D eigenvalue weighted by Gasteiger charge is -2.41. The number of aliphatic hydroxyl groups is 1. The van der Waals surface area contributed by atoms with Crippen LogP contribution in [-0.4, -0.2) is 64.3 Å². The molecular formula is C29H31ClN10OS. The molecule has 2 aliphatic heterocycles. The smallest absolute Gasteiger partial charge is 0.177 e. The van der Waals surface area contributed by atoms with Crippen LogP contribution in [0.15, 0.2) is 36.7 Å². The van der Waals surface area contributed by atoms with Crippen molar-refractivity contribution in [1.82, 2.24) is 40.2 Å². The molecule has 6 heterocycles. The van der Waals surface area contributed by atoms with Crippen LogP contribution in [0.2, 0.25) is 5.02 Å². The molecule has 216 valence electrons. The molecule has 1 fully saturated rings. The number of halogens is 1. The molecule has 13 heteroatoms. The number of fused-ring (bicyclic) bond motifs is 3. The lowest BCUT2D eigenvalue weighted by Crippen LogP contribution is -2.50. The van der Waals surface area contributed by atoms with E-state index < -0.39 is 0 Å². The minimum atomic E-state index is -0.272. The van der Waals surface area contributed by atoms with Crippen LogP contribution in [0, 0.1) is 10.8 Å². The summed E-state index contributed by atoms with van der Waals surface area (Å²) in [6.07, 6.45) is 6.16. The van der Waals surface area contributed by atoms with E-state index in [-0.39, 0.29) is 17.4 Å². The standard InChI is InChI=1S/C29H31ClN10OS/c1-29(28(31)34-22-12-16-4-3-9-32-21(16)15-42-22)7-10-40(11-8-29)27-20(14-41)33-25-24(36-37-26(25)35-27)17-5-6-19-18(23(17)30)13-39(2)38-19/h3-6,9,13,22,41H,7-8,10-12,14-15H2,1-2H3,(H2,31,34)(H,35,36,37). The Kier molecular flexibility index (Phi) is 6.79. The molecule has 1 aromatic carbocycles. The fourth-order valence-corrected chi connectivity index (χ4v) is 7.31. The van der Waals surface area contributed by atoms with Crippen LogP contribution in [-0.2, 0) is 25.8 Å². The Labute approximate surface area is 251 Å². The fraction of sp³-hybridized carbons (Fsp3) is 0.379. The Morgan fingerprint density at radius 2 is 2.10 bits per heavy atom. The summed E-state index contributed by atoms with van der Waals surface area (Å²) >= 11 is 8.58. The highest BCUT2D eigenvalue weighted by Crippen LogP contribution is 2.38. The van der Waals surface area contributed by atoms with E-state index in [0.29, 0.717) is 52.3 Å². The molecule has 1 atom stereocenters. The number of anilines is 1. The topological polar surface area (TPSA) is 145 Å². The van der Waals surface area contributed by atoms with Crippen molar-refractivity contribution in [2.45, 2.75) is 43.9 Å². The number of rotatable bonds is 5. The van der Waals surface area contributed by atoms with Gasteiger partial charge < -0.3 is 15.3 Å². The second-order valence-corrected chi connectivity index (χ2v) is 12.8. The number of aromatic nitrogens is 7. The normalized spacial score (nSPS) is 18.4. The third-order valence-corrected chi connectivity index (χ3v) is 10.0. The highest BCUT2D eigenvalue weighted by Gasteiger charge is 2.37. The maximum Gasteiger partial charge on any atom is 0.177 e. The average Bonchev–Trinajstić information content (AvgIpc) is 3.60. The van der Waals surface area contributed by atoms with Crippen LogP contribution in [0.3, 0.4) is 0 Å². The monoisotopic (exact) mass is 602 g/mol. The molecule has 0 amide bonds. The van der Waals surface area contributed by atoms with Crippen molar-refractivity contribution in [3.8, 4) is 11.3 Å². The number of pyridine rings is 1. The molecule has 7 rings (SSSR count). The quantitative estimate of drug-likeness (QED) is 0.169. The number of nitrogens with one attached hydrogen (secondary N) is 3. The van der Waals surface area contributed by atoms with Gasteiger partial charge in [-0.1, -0.05) is 24.6 Å². The van der Waals surface area contributed by atoms with Gasteiger partial charge >= 0.3 is 0 Å². The number of piperidine rings is 1. The number of nitrogens with zero attached hydrogens (tertiary/aromatic N) is 7. The van der Waals surface area contributed by atoms with Gasteiger partial charge in [0.2, 0.25) is 0 Å². The van der Waals surface area contributed by atoms with Gasteiger partial charge in [-0.15, -0.1) is 11.8 Å². The lowest BCUT2D eigenvalue weighted by molar-refractivity contribution is 0.276. The van der Waals surface area contributed by atoms with Gasteiger partial charge in [-0.2, -0.15) is 10.2 Å². The van der Waals surface area contributed by atoms with Crippen LogP contribution in [0.5, 0.6) is 0 Å². The molecule has 0 radical (unpaired) electrons. The molecule has 5 aromatic rings. The predicted molar refractivity (Wildman–Crippen MR) is 166 cm³/mol. The van der Waals surface area contributed by atoms with Gasteiger partial charge in [0.15, 0.2) is 11.5 Å². The summed E-state index contributed by atoms with van der Waals surface area (Å²) in [5, 5.41) is 36.3. The van der Waals surface area contributed by atoms with E-state index in [2.05, 4.69) is 43.5 Å². The zero-order valence-corrected chi connectivity index (χ0v) is 24.9. The Balaban J connectivity index is 1.09. The van der Waals surface area contributed by atoms with Crippen molar-refractivity contribution in [3.63, 3.8) is 0 Å². The van der Waals surface area contributed by atoms with Gasteiger partial charge in [0, 0.05) is 61.1 Å². The van der Waals surface area contributed by atoms with E-state index in [9.17, 15) is 5.11 Å². The molecule has 11 nitrogen and oxygen atoms in total. The summed E-state index contributed by atoms with van der Waals surface area (Å²) in [6.45, 7) is 3.30. The molecule has 0 saturated carbocycles. The number of benzene rings is 1. The summed E-state index contributed by atoms with van der Waals surface area (Å²) in [5.74, 6) is 2.08. The molecule has 1 unspecified atom stereocenters. The van der Waals surface area contributed by atoms with E-state index in [4.69, 9.17) is 27.0 Å². The van der Waals surface area contributed by atoms with Crippen LogP contribution in [0.25, 0.3) is 33.3 Å². The Morgan fingerprint density at radius 3 is 2.90 bits per heavy atom. The van der Waals surface area contributed by atoms with Crippen LogP contribution >= 0.6 is 23.4 Å².